The predicted molar refractivity (Wildman–Crippen MR) is 51.9 cm³/mol. The van der Waals surface area contributed by atoms with E-state index in [-0.39, 0.29) is 0 Å². The molecule has 3 heteroatoms. The molecule has 1 nitrogen and oxygen atoms in total. The van der Waals surface area contributed by atoms with Crippen LogP contribution in [0.4, 0.5) is 0 Å². The van der Waals surface area contributed by atoms with Crippen molar-refractivity contribution in [2.24, 2.45) is 0 Å². The van der Waals surface area contributed by atoms with Gasteiger partial charge in [-0.3, -0.25) is 0 Å². The SMILES string of the molecule is C[CH][Si](C)(C)O[Si](C)(C)C. The van der Waals surface area contributed by atoms with E-state index in [1.54, 1.807) is 0 Å². The topological polar surface area (TPSA) is 9.23 Å². The summed E-state index contributed by atoms with van der Waals surface area (Å²) in [4.78, 5) is 0. The summed E-state index contributed by atoms with van der Waals surface area (Å²) in [6.45, 7) is 13.3. The Bertz CT molecular complexity index is 105. The summed E-state index contributed by atoms with van der Waals surface area (Å²) < 4.78 is 6.00. The van der Waals surface area contributed by atoms with Crippen molar-refractivity contribution in [1.29, 1.82) is 0 Å². The second kappa shape index (κ2) is 3.19. The highest BCUT2D eigenvalue weighted by molar-refractivity contribution is 6.86. The lowest BCUT2D eigenvalue weighted by Crippen LogP contribution is -2.42. The van der Waals surface area contributed by atoms with E-state index in [0.29, 0.717) is 0 Å². The Hall–Kier alpha value is 0.394. The minimum absolute atomic E-state index is 1.28. The summed E-state index contributed by atoms with van der Waals surface area (Å²) >= 11 is 0. The van der Waals surface area contributed by atoms with E-state index in [1.807, 2.05) is 0 Å². The highest BCUT2D eigenvalue weighted by atomic mass is 28.4. The average molecular weight is 175 g/mol. The van der Waals surface area contributed by atoms with Gasteiger partial charge in [0.25, 0.3) is 0 Å². The first-order chi connectivity index (χ1) is 4.27. The molecule has 0 aromatic carbocycles. The van der Waals surface area contributed by atoms with Gasteiger partial charge in [0.2, 0.25) is 0 Å². The molecular formula is C7H19OSi2. The van der Waals surface area contributed by atoms with Crippen LogP contribution in [0.15, 0.2) is 0 Å². The molecule has 0 fully saturated rings. The Morgan fingerprint density at radius 3 is 1.50 bits per heavy atom. The van der Waals surface area contributed by atoms with Gasteiger partial charge in [-0.1, -0.05) is 6.92 Å². The third kappa shape index (κ3) is 5.20. The Morgan fingerprint density at radius 1 is 1.00 bits per heavy atom. The molecule has 0 saturated carbocycles. The molecule has 0 heterocycles. The molecule has 10 heavy (non-hydrogen) atoms. The summed E-state index contributed by atoms with van der Waals surface area (Å²) in [5.41, 5.74) is 0. The lowest BCUT2D eigenvalue weighted by Gasteiger charge is -2.30. The van der Waals surface area contributed by atoms with E-state index >= 15 is 0 Å². The Labute approximate surface area is 67.1 Å². The van der Waals surface area contributed by atoms with Crippen LogP contribution in [0, 0.1) is 6.04 Å². The second-order valence-electron chi connectivity index (χ2n) is 4.11. The lowest BCUT2D eigenvalue weighted by atomic mass is 11.0. The van der Waals surface area contributed by atoms with Crippen LogP contribution in [-0.4, -0.2) is 16.6 Å². The molecule has 0 aromatic rings. The van der Waals surface area contributed by atoms with E-state index in [4.69, 9.17) is 4.12 Å². The van der Waals surface area contributed by atoms with Crippen molar-refractivity contribution in [3.05, 3.63) is 6.04 Å². The minimum atomic E-state index is -1.38. The summed E-state index contributed by atoms with van der Waals surface area (Å²) in [6.07, 6.45) is 0. The third-order valence-electron chi connectivity index (χ3n) is 1.26. The number of rotatable bonds is 3. The molecule has 0 unspecified atom stereocenters. The molecule has 0 bridgehead atoms. The van der Waals surface area contributed by atoms with Crippen molar-refractivity contribution in [2.45, 2.75) is 39.7 Å². The van der Waals surface area contributed by atoms with E-state index in [2.05, 4.69) is 45.7 Å². The zero-order chi connectivity index (χ0) is 8.41. The van der Waals surface area contributed by atoms with Crippen molar-refractivity contribution < 1.29 is 4.12 Å². The molecule has 0 aliphatic heterocycles. The molecule has 0 spiro atoms. The smallest absolute Gasteiger partial charge is 0.176 e. The van der Waals surface area contributed by atoms with Gasteiger partial charge in [0.1, 0.15) is 0 Å². The normalized spacial score (nSPS) is 13.8. The molecule has 0 aliphatic rings. The van der Waals surface area contributed by atoms with Crippen LogP contribution in [0.5, 0.6) is 0 Å². The van der Waals surface area contributed by atoms with Crippen LogP contribution in [0.3, 0.4) is 0 Å². The van der Waals surface area contributed by atoms with E-state index in [0.717, 1.165) is 0 Å². The largest absolute Gasteiger partial charge is 0.456 e. The maximum Gasteiger partial charge on any atom is 0.176 e. The van der Waals surface area contributed by atoms with Gasteiger partial charge in [0, 0.05) is 0 Å². The van der Waals surface area contributed by atoms with Crippen LogP contribution in [-0.2, 0) is 4.12 Å². The molecule has 0 saturated heterocycles. The van der Waals surface area contributed by atoms with Crippen molar-refractivity contribution in [2.75, 3.05) is 0 Å². The monoisotopic (exact) mass is 175 g/mol. The van der Waals surface area contributed by atoms with E-state index in [9.17, 15) is 0 Å². The van der Waals surface area contributed by atoms with Gasteiger partial charge in [0.15, 0.2) is 16.6 Å². The fraction of sp³-hybridized carbons (Fsp3) is 0.857. The molecule has 0 rings (SSSR count). The van der Waals surface area contributed by atoms with Gasteiger partial charge in [0.05, 0.1) is 0 Å². The zero-order valence-electron chi connectivity index (χ0n) is 7.99. The quantitative estimate of drug-likeness (QED) is 0.599. The standard InChI is InChI=1S/C7H19OSi2/c1-7-10(5,6)8-9(2,3)4/h7H,1-6H3. The van der Waals surface area contributed by atoms with E-state index < -0.39 is 16.6 Å². The molecule has 0 aromatic heterocycles. The molecule has 0 N–H and O–H groups in total. The van der Waals surface area contributed by atoms with Gasteiger partial charge in [-0.25, -0.2) is 0 Å². The van der Waals surface area contributed by atoms with Gasteiger partial charge >= 0.3 is 0 Å². The van der Waals surface area contributed by atoms with Crippen LogP contribution >= 0.6 is 0 Å². The second-order valence-corrected chi connectivity index (χ2v) is 12.9. The molecule has 0 atom stereocenters. The molecule has 0 amide bonds. The van der Waals surface area contributed by atoms with Crippen LogP contribution in [0.25, 0.3) is 0 Å². The summed E-state index contributed by atoms with van der Waals surface area (Å²) in [6, 6.07) is 2.24. The molecular weight excluding hydrogens is 156 g/mol. The summed E-state index contributed by atoms with van der Waals surface area (Å²) in [5.74, 6) is 0. The first-order valence-corrected chi connectivity index (χ1v) is 10.2. The fourth-order valence-electron chi connectivity index (χ4n) is 0.848. The van der Waals surface area contributed by atoms with Crippen LogP contribution in [0.1, 0.15) is 6.92 Å². The minimum Gasteiger partial charge on any atom is -0.456 e. The predicted octanol–water partition coefficient (Wildman–Crippen LogP) is 2.81. The molecule has 1 radical (unpaired) electrons. The Balaban J connectivity index is 3.89. The molecule has 0 aliphatic carbocycles. The molecule has 61 valence electrons. The fourth-order valence-corrected chi connectivity index (χ4v) is 7.63. The van der Waals surface area contributed by atoms with Crippen molar-refractivity contribution >= 4 is 16.6 Å². The maximum atomic E-state index is 6.00. The average Bonchev–Trinajstić information content (AvgIpc) is 1.60. The summed E-state index contributed by atoms with van der Waals surface area (Å²) in [7, 11) is -2.66. The maximum absolute atomic E-state index is 6.00. The highest BCUT2D eigenvalue weighted by Gasteiger charge is 2.27. The number of hydrogen-bond donors (Lipinski definition) is 0. The van der Waals surface area contributed by atoms with Crippen LogP contribution < -0.4 is 0 Å². The third-order valence-corrected chi connectivity index (χ3v) is 7.21. The highest BCUT2D eigenvalue weighted by Crippen LogP contribution is 2.15. The van der Waals surface area contributed by atoms with Gasteiger partial charge in [-0.05, 0) is 38.8 Å². The Morgan fingerprint density at radius 2 is 1.40 bits per heavy atom. The Kier molecular flexibility index (Phi) is 3.32. The van der Waals surface area contributed by atoms with Gasteiger partial charge in [-0.2, -0.15) is 0 Å². The van der Waals surface area contributed by atoms with Crippen molar-refractivity contribution in [3.8, 4) is 0 Å². The first-order valence-electron chi connectivity index (χ1n) is 3.77. The van der Waals surface area contributed by atoms with Crippen LogP contribution in [0.2, 0.25) is 32.7 Å². The van der Waals surface area contributed by atoms with Crippen molar-refractivity contribution in [3.63, 3.8) is 0 Å². The van der Waals surface area contributed by atoms with Gasteiger partial charge in [-0.15, -0.1) is 0 Å². The van der Waals surface area contributed by atoms with Crippen molar-refractivity contribution in [1.82, 2.24) is 0 Å². The summed E-state index contributed by atoms with van der Waals surface area (Å²) in [5, 5.41) is 0. The lowest BCUT2D eigenvalue weighted by molar-refractivity contribution is 0.559. The zero-order valence-corrected chi connectivity index (χ0v) is 9.99. The van der Waals surface area contributed by atoms with Gasteiger partial charge < -0.3 is 4.12 Å². The van der Waals surface area contributed by atoms with E-state index in [1.165, 1.54) is 0 Å². The number of hydrogen-bond acceptors (Lipinski definition) is 1. The first kappa shape index (κ1) is 10.4.